The van der Waals surface area contributed by atoms with E-state index in [9.17, 15) is 14.9 Å². The molecule has 0 atom stereocenters. The molecule has 3 aromatic rings. The van der Waals surface area contributed by atoms with Gasteiger partial charge < -0.3 is 14.0 Å². The lowest BCUT2D eigenvalue weighted by Gasteiger charge is -2.07. The number of ether oxygens (including phenoxy) is 2. The summed E-state index contributed by atoms with van der Waals surface area (Å²) in [6, 6.07) is 13.6. The molecule has 0 aliphatic carbocycles. The molecule has 9 nitrogen and oxygen atoms in total. The number of aromatic nitrogens is 2. The van der Waals surface area contributed by atoms with Gasteiger partial charge >= 0.3 is 17.5 Å². The van der Waals surface area contributed by atoms with E-state index < -0.39 is 10.9 Å². The standard InChI is InChI=1S/C18H15N3O6/c1-2-25-18(22)17-19-16(20-27-17)13-8-9-15(14(10-13)21(23)24)26-11-12-6-4-3-5-7-12/h3-10H,2,11H2,1H3. The summed E-state index contributed by atoms with van der Waals surface area (Å²) in [6.07, 6.45) is 0. The van der Waals surface area contributed by atoms with E-state index in [0.29, 0.717) is 5.56 Å². The predicted molar refractivity (Wildman–Crippen MR) is 93.1 cm³/mol. The number of nitro groups is 1. The highest BCUT2D eigenvalue weighted by Gasteiger charge is 2.21. The lowest BCUT2D eigenvalue weighted by Crippen LogP contribution is -2.04. The van der Waals surface area contributed by atoms with E-state index >= 15 is 0 Å². The molecule has 1 aromatic heterocycles. The zero-order valence-corrected chi connectivity index (χ0v) is 14.3. The lowest BCUT2D eigenvalue weighted by atomic mass is 10.1. The minimum atomic E-state index is -0.756. The Kier molecular flexibility index (Phi) is 5.41. The number of benzene rings is 2. The SMILES string of the molecule is CCOC(=O)c1nc(-c2ccc(OCc3ccccc3)c([N+](=O)[O-])c2)no1. The molecule has 138 valence electrons. The van der Waals surface area contributed by atoms with E-state index in [-0.39, 0.29) is 36.4 Å². The van der Waals surface area contributed by atoms with Crippen LogP contribution in [-0.4, -0.2) is 27.6 Å². The Labute approximate surface area is 153 Å². The first-order chi connectivity index (χ1) is 13.1. The zero-order chi connectivity index (χ0) is 19.2. The molecule has 9 heteroatoms. The van der Waals surface area contributed by atoms with Crippen molar-refractivity contribution in [3.8, 4) is 17.1 Å². The average Bonchev–Trinajstić information content (AvgIpc) is 3.17. The first-order valence-corrected chi connectivity index (χ1v) is 8.05. The number of rotatable bonds is 7. The van der Waals surface area contributed by atoms with Crippen LogP contribution in [0, 0.1) is 10.1 Å². The summed E-state index contributed by atoms with van der Waals surface area (Å²) in [5, 5.41) is 15.1. The van der Waals surface area contributed by atoms with Gasteiger partial charge in [-0.2, -0.15) is 4.98 Å². The molecule has 0 saturated heterocycles. The molecule has 0 N–H and O–H groups in total. The molecule has 0 radical (unpaired) electrons. The molecule has 0 bridgehead atoms. The first-order valence-electron chi connectivity index (χ1n) is 8.05. The maximum absolute atomic E-state index is 11.6. The van der Waals surface area contributed by atoms with Gasteiger partial charge in [-0.3, -0.25) is 10.1 Å². The summed E-state index contributed by atoms with van der Waals surface area (Å²) in [4.78, 5) is 26.3. The van der Waals surface area contributed by atoms with Gasteiger partial charge in [0.05, 0.1) is 11.5 Å². The second-order valence-corrected chi connectivity index (χ2v) is 5.36. The number of carbonyl (C=O) groups is 1. The van der Waals surface area contributed by atoms with E-state index in [1.165, 1.54) is 12.1 Å². The Bertz CT molecular complexity index is 955. The minimum absolute atomic E-state index is 0.0377. The van der Waals surface area contributed by atoms with Crippen LogP contribution in [0.1, 0.15) is 23.2 Å². The van der Waals surface area contributed by atoms with Crippen molar-refractivity contribution in [3.05, 3.63) is 70.1 Å². The fraction of sp³-hybridized carbons (Fsp3) is 0.167. The highest BCUT2D eigenvalue weighted by Crippen LogP contribution is 2.32. The third-order valence-electron chi connectivity index (χ3n) is 3.53. The van der Waals surface area contributed by atoms with Crippen LogP contribution in [0.5, 0.6) is 5.75 Å². The molecule has 1 heterocycles. The van der Waals surface area contributed by atoms with Crippen LogP contribution in [0.2, 0.25) is 0 Å². The first kappa shape index (κ1) is 18.1. The minimum Gasteiger partial charge on any atom is -0.482 e. The molecule has 27 heavy (non-hydrogen) atoms. The number of nitrogens with zero attached hydrogens (tertiary/aromatic N) is 3. The normalized spacial score (nSPS) is 10.4. The Balaban J connectivity index is 1.83. The quantitative estimate of drug-likeness (QED) is 0.353. The van der Waals surface area contributed by atoms with Gasteiger partial charge in [0.2, 0.25) is 5.82 Å². The van der Waals surface area contributed by atoms with Crippen LogP contribution in [0.4, 0.5) is 5.69 Å². The van der Waals surface area contributed by atoms with Crippen LogP contribution in [-0.2, 0) is 11.3 Å². The highest BCUT2D eigenvalue weighted by atomic mass is 16.6. The topological polar surface area (TPSA) is 118 Å². The Morgan fingerprint density at radius 2 is 2.00 bits per heavy atom. The summed E-state index contributed by atoms with van der Waals surface area (Å²) in [5.41, 5.74) is 0.951. The molecule has 3 rings (SSSR count). The molecule has 0 fully saturated rings. The van der Waals surface area contributed by atoms with Crippen molar-refractivity contribution in [2.75, 3.05) is 6.61 Å². The smallest absolute Gasteiger partial charge is 0.397 e. The molecule has 0 aliphatic rings. The number of hydrogen-bond acceptors (Lipinski definition) is 8. The fourth-order valence-electron chi connectivity index (χ4n) is 2.27. The Morgan fingerprint density at radius 3 is 2.70 bits per heavy atom. The van der Waals surface area contributed by atoms with Crippen LogP contribution >= 0.6 is 0 Å². The Morgan fingerprint density at radius 1 is 1.22 bits per heavy atom. The second-order valence-electron chi connectivity index (χ2n) is 5.36. The van der Waals surface area contributed by atoms with Gasteiger partial charge in [-0.15, -0.1) is 0 Å². The van der Waals surface area contributed by atoms with Crippen LogP contribution in [0.3, 0.4) is 0 Å². The number of nitro benzene ring substituents is 1. The van der Waals surface area contributed by atoms with Crippen molar-refractivity contribution in [1.82, 2.24) is 10.1 Å². The second kappa shape index (κ2) is 8.09. The van der Waals surface area contributed by atoms with Crippen molar-refractivity contribution in [2.24, 2.45) is 0 Å². The van der Waals surface area contributed by atoms with Gasteiger partial charge in [-0.1, -0.05) is 35.5 Å². The van der Waals surface area contributed by atoms with E-state index in [4.69, 9.17) is 14.0 Å². The van der Waals surface area contributed by atoms with E-state index in [1.807, 2.05) is 30.3 Å². The predicted octanol–water partition coefficient (Wildman–Crippen LogP) is 3.40. The maximum Gasteiger partial charge on any atom is 0.397 e. The molecular weight excluding hydrogens is 354 g/mol. The third kappa shape index (κ3) is 4.27. The summed E-state index contributed by atoms with van der Waals surface area (Å²) in [6.45, 7) is 2.00. The van der Waals surface area contributed by atoms with Crippen LogP contribution in [0.15, 0.2) is 53.1 Å². The highest BCUT2D eigenvalue weighted by molar-refractivity contribution is 5.84. The molecular formula is C18H15N3O6. The monoisotopic (exact) mass is 369 g/mol. The van der Waals surface area contributed by atoms with Gasteiger partial charge in [-0.05, 0) is 24.6 Å². The third-order valence-corrected chi connectivity index (χ3v) is 3.53. The van der Waals surface area contributed by atoms with Gasteiger partial charge in [0.1, 0.15) is 6.61 Å². The molecule has 2 aromatic carbocycles. The summed E-state index contributed by atoms with van der Waals surface area (Å²) >= 11 is 0. The average molecular weight is 369 g/mol. The fourth-order valence-corrected chi connectivity index (χ4v) is 2.27. The van der Waals surface area contributed by atoms with Crippen LogP contribution in [0.25, 0.3) is 11.4 Å². The maximum atomic E-state index is 11.6. The molecule has 0 saturated carbocycles. The number of esters is 1. The van der Waals surface area contributed by atoms with E-state index in [1.54, 1.807) is 13.0 Å². The largest absolute Gasteiger partial charge is 0.482 e. The van der Waals surface area contributed by atoms with Crippen molar-refractivity contribution in [3.63, 3.8) is 0 Å². The molecule has 0 aliphatic heterocycles. The van der Waals surface area contributed by atoms with Gasteiger partial charge in [-0.25, -0.2) is 4.79 Å². The number of hydrogen-bond donors (Lipinski definition) is 0. The van der Waals surface area contributed by atoms with E-state index in [0.717, 1.165) is 5.56 Å². The van der Waals surface area contributed by atoms with Crippen molar-refractivity contribution < 1.29 is 23.7 Å². The van der Waals surface area contributed by atoms with Crippen molar-refractivity contribution in [1.29, 1.82) is 0 Å². The summed E-state index contributed by atoms with van der Waals surface area (Å²) in [7, 11) is 0. The van der Waals surface area contributed by atoms with Crippen molar-refractivity contribution >= 4 is 11.7 Å². The zero-order valence-electron chi connectivity index (χ0n) is 14.3. The van der Waals surface area contributed by atoms with Gasteiger partial charge in [0.15, 0.2) is 5.75 Å². The van der Waals surface area contributed by atoms with E-state index in [2.05, 4.69) is 10.1 Å². The molecule has 0 amide bonds. The van der Waals surface area contributed by atoms with Gasteiger partial charge in [0.25, 0.3) is 0 Å². The Hall–Kier alpha value is -3.75. The number of carbonyl (C=O) groups excluding carboxylic acids is 1. The summed E-state index contributed by atoms with van der Waals surface area (Å²) in [5.74, 6) is -0.926. The summed E-state index contributed by atoms with van der Waals surface area (Å²) < 4.78 is 15.2. The molecule has 0 unspecified atom stereocenters. The molecule has 0 spiro atoms. The van der Waals surface area contributed by atoms with Gasteiger partial charge in [0, 0.05) is 11.6 Å². The van der Waals surface area contributed by atoms with Crippen LogP contribution < -0.4 is 4.74 Å². The lowest BCUT2D eigenvalue weighted by molar-refractivity contribution is -0.385. The van der Waals surface area contributed by atoms with Crippen molar-refractivity contribution in [2.45, 2.75) is 13.5 Å².